The van der Waals surface area contributed by atoms with E-state index in [1.807, 2.05) is 0 Å². The van der Waals surface area contributed by atoms with Gasteiger partial charge < -0.3 is 0 Å². The van der Waals surface area contributed by atoms with Gasteiger partial charge >= 0.3 is 0 Å². The molecule has 0 atom stereocenters. The second-order valence-electron chi connectivity index (χ2n) is 11.0. The lowest BCUT2D eigenvalue weighted by molar-refractivity contribution is 0.660. The molecule has 39 heavy (non-hydrogen) atoms. The molecule has 1 aliphatic rings. The topological polar surface area (TPSA) is 0 Å². The first-order valence-electron chi connectivity index (χ1n) is 13.7. The van der Waals surface area contributed by atoms with Crippen LogP contribution in [0.2, 0.25) is 0 Å². The van der Waals surface area contributed by atoms with E-state index in [0.29, 0.717) is 0 Å². The Labute approximate surface area is 230 Å². The minimum Gasteiger partial charge on any atom is -0.0622 e. The van der Waals surface area contributed by atoms with E-state index >= 15 is 0 Å². The summed E-state index contributed by atoms with van der Waals surface area (Å²) in [6.45, 7) is 4.70. The third-order valence-corrected chi connectivity index (χ3v) is 8.24. The van der Waals surface area contributed by atoms with Crippen molar-refractivity contribution >= 4 is 22.9 Å². The van der Waals surface area contributed by atoms with Crippen molar-refractivity contribution in [2.75, 3.05) is 0 Å². The second-order valence-corrected chi connectivity index (χ2v) is 11.0. The van der Waals surface area contributed by atoms with Crippen LogP contribution in [0.5, 0.6) is 0 Å². The van der Waals surface area contributed by atoms with E-state index in [1.54, 1.807) is 0 Å². The van der Waals surface area contributed by atoms with Crippen molar-refractivity contribution in [3.8, 4) is 33.4 Å². The molecule has 0 aromatic heterocycles. The van der Waals surface area contributed by atoms with E-state index in [9.17, 15) is 0 Å². The van der Waals surface area contributed by atoms with Gasteiger partial charge in [-0.2, -0.15) is 0 Å². The molecular weight excluding hydrogens is 468 g/mol. The van der Waals surface area contributed by atoms with Gasteiger partial charge in [-0.3, -0.25) is 0 Å². The molecule has 0 heterocycles. The van der Waals surface area contributed by atoms with Crippen molar-refractivity contribution in [3.63, 3.8) is 0 Å². The highest BCUT2D eigenvalue weighted by molar-refractivity contribution is 5.98. The van der Waals surface area contributed by atoms with Gasteiger partial charge in [-0.1, -0.05) is 135 Å². The molecule has 6 aromatic rings. The molecule has 1 aliphatic carbocycles. The van der Waals surface area contributed by atoms with Crippen molar-refractivity contribution < 1.29 is 0 Å². The van der Waals surface area contributed by atoms with E-state index < -0.39 is 0 Å². The molecule has 0 N–H and O–H groups in total. The molecule has 0 fully saturated rings. The van der Waals surface area contributed by atoms with Gasteiger partial charge in [-0.25, -0.2) is 0 Å². The van der Waals surface area contributed by atoms with Gasteiger partial charge in [0.25, 0.3) is 0 Å². The van der Waals surface area contributed by atoms with E-state index in [2.05, 4.69) is 159 Å². The first-order chi connectivity index (χ1) is 19.1. The molecule has 0 heteroatoms. The van der Waals surface area contributed by atoms with Crippen LogP contribution >= 0.6 is 0 Å². The monoisotopic (exact) mass is 498 g/mol. The molecule has 186 valence electrons. The highest BCUT2D eigenvalue weighted by Gasteiger charge is 2.35. The molecule has 0 radical (unpaired) electrons. The summed E-state index contributed by atoms with van der Waals surface area (Å²) in [6.07, 6.45) is 4.44. The van der Waals surface area contributed by atoms with Gasteiger partial charge in [0, 0.05) is 5.41 Å². The molecule has 0 saturated heterocycles. The fourth-order valence-corrected chi connectivity index (χ4v) is 6.19. The Morgan fingerprint density at radius 1 is 0.436 bits per heavy atom. The van der Waals surface area contributed by atoms with Crippen LogP contribution in [0.3, 0.4) is 0 Å². The number of rotatable bonds is 4. The predicted octanol–water partition coefficient (Wildman–Crippen LogP) is 10.7. The Hall–Kier alpha value is -4.68. The van der Waals surface area contributed by atoms with Crippen LogP contribution in [0.1, 0.15) is 36.1 Å². The minimum absolute atomic E-state index is 0.0226. The van der Waals surface area contributed by atoms with E-state index in [0.717, 1.165) is 0 Å². The number of hydrogen-bond donors (Lipinski definition) is 0. The van der Waals surface area contributed by atoms with Gasteiger partial charge in [0.05, 0.1) is 0 Å². The Morgan fingerprint density at radius 3 is 2.00 bits per heavy atom. The van der Waals surface area contributed by atoms with Gasteiger partial charge in [0.15, 0.2) is 0 Å². The van der Waals surface area contributed by atoms with E-state index in [4.69, 9.17) is 0 Å². The maximum atomic E-state index is 2.42. The average molecular weight is 499 g/mol. The van der Waals surface area contributed by atoms with Crippen molar-refractivity contribution in [2.24, 2.45) is 0 Å². The summed E-state index contributed by atoms with van der Waals surface area (Å²) >= 11 is 0. The van der Waals surface area contributed by atoms with Crippen LogP contribution in [-0.2, 0) is 5.41 Å². The molecule has 0 aliphatic heterocycles. The second kappa shape index (κ2) is 9.26. The van der Waals surface area contributed by atoms with Gasteiger partial charge in [0.2, 0.25) is 0 Å². The first kappa shape index (κ1) is 23.4. The molecule has 6 aromatic carbocycles. The zero-order valence-corrected chi connectivity index (χ0v) is 22.4. The standard InChI is InChI=1S/C39H30/c1-39(2)37-18-9-8-16-35(37)36-22-21-30(26-38(36)39)31-23-28(20-19-27-11-4-3-5-12-27)24-32(25-31)34-17-10-14-29-13-6-7-15-33(29)34/h3-26H,1-2H3. The van der Waals surface area contributed by atoms with Crippen LogP contribution in [0.25, 0.3) is 56.3 Å². The lowest BCUT2D eigenvalue weighted by atomic mass is 9.81. The Bertz CT molecular complexity index is 1860. The number of fused-ring (bicyclic) bond motifs is 4. The molecule has 0 spiro atoms. The maximum absolute atomic E-state index is 2.42. The van der Waals surface area contributed by atoms with Gasteiger partial charge in [-0.15, -0.1) is 0 Å². The molecule has 0 saturated carbocycles. The fraction of sp³-hybridized carbons (Fsp3) is 0.0769. The highest BCUT2D eigenvalue weighted by Crippen LogP contribution is 2.49. The summed E-state index contributed by atoms with van der Waals surface area (Å²) in [5.74, 6) is 0. The summed E-state index contributed by atoms with van der Waals surface area (Å²) in [4.78, 5) is 0. The third kappa shape index (κ3) is 4.10. The average Bonchev–Trinajstić information content (AvgIpc) is 3.22. The highest BCUT2D eigenvalue weighted by atomic mass is 14.4. The predicted molar refractivity (Wildman–Crippen MR) is 168 cm³/mol. The summed E-state index contributed by atoms with van der Waals surface area (Å²) in [7, 11) is 0. The maximum Gasteiger partial charge on any atom is 0.0159 e. The summed E-state index contributed by atoms with van der Waals surface area (Å²) in [6, 6.07) is 48.7. The zero-order valence-electron chi connectivity index (χ0n) is 22.4. The van der Waals surface area contributed by atoms with Crippen molar-refractivity contribution in [1.82, 2.24) is 0 Å². The third-order valence-electron chi connectivity index (χ3n) is 8.24. The Morgan fingerprint density at radius 2 is 1.10 bits per heavy atom. The van der Waals surface area contributed by atoms with Gasteiger partial charge in [0.1, 0.15) is 0 Å². The SMILES string of the molecule is CC1(C)c2ccccc2-c2ccc(-c3cc(C=Cc4ccccc4)cc(-c4cccc5ccccc45)c3)cc21. The van der Waals surface area contributed by atoms with Crippen molar-refractivity contribution in [1.29, 1.82) is 0 Å². The molecule has 0 unspecified atom stereocenters. The largest absolute Gasteiger partial charge is 0.0622 e. The van der Waals surface area contributed by atoms with Crippen LogP contribution in [0.4, 0.5) is 0 Å². The lowest BCUT2D eigenvalue weighted by Gasteiger charge is -2.22. The molecular formula is C39H30. The fourth-order valence-electron chi connectivity index (χ4n) is 6.19. The Kier molecular flexibility index (Phi) is 5.56. The van der Waals surface area contributed by atoms with Gasteiger partial charge in [-0.05, 0) is 90.7 Å². The van der Waals surface area contributed by atoms with Crippen LogP contribution in [-0.4, -0.2) is 0 Å². The Balaban J connectivity index is 1.40. The normalized spacial score (nSPS) is 13.5. The van der Waals surface area contributed by atoms with Crippen molar-refractivity contribution in [2.45, 2.75) is 19.3 Å². The van der Waals surface area contributed by atoms with Crippen LogP contribution in [0, 0.1) is 0 Å². The van der Waals surface area contributed by atoms with E-state index in [-0.39, 0.29) is 5.41 Å². The quantitative estimate of drug-likeness (QED) is 0.212. The molecule has 7 rings (SSSR count). The number of hydrogen-bond acceptors (Lipinski definition) is 0. The summed E-state index contributed by atoms with van der Waals surface area (Å²) in [5.41, 5.74) is 12.9. The van der Waals surface area contributed by atoms with Crippen LogP contribution < -0.4 is 0 Å². The summed E-state index contributed by atoms with van der Waals surface area (Å²) < 4.78 is 0. The van der Waals surface area contributed by atoms with Crippen molar-refractivity contribution in [3.05, 3.63) is 156 Å². The minimum atomic E-state index is -0.0226. The number of benzene rings is 6. The van der Waals surface area contributed by atoms with Crippen LogP contribution in [0.15, 0.2) is 133 Å². The first-order valence-corrected chi connectivity index (χ1v) is 13.7. The molecule has 0 amide bonds. The lowest BCUT2D eigenvalue weighted by Crippen LogP contribution is -2.14. The van der Waals surface area contributed by atoms with E-state index in [1.165, 1.54) is 66.4 Å². The smallest absolute Gasteiger partial charge is 0.0159 e. The molecule has 0 nitrogen and oxygen atoms in total. The summed E-state index contributed by atoms with van der Waals surface area (Å²) in [5, 5.41) is 2.54. The molecule has 0 bridgehead atoms. The zero-order chi connectivity index (χ0) is 26.4.